The maximum absolute atomic E-state index is 12.4. The number of ketones is 1. The molecule has 0 spiro atoms. The molecule has 0 heterocycles. The normalized spacial score (nSPS) is 18.6. The van der Waals surface area contributed by atoms with Gasteiger partial charge >= 0.3 is 0 Å². The summed E-state index contributed by atoms with van der Waals surface area (Å²) in [7, 11) is 0. The zero-order valence-corrected chi connectivity index (χ0v) is 16.8. The highest BCUT2D eigenvalue weighted by Crippen LogP contribution is 2.37. The smallest absolute Gasteiger partial charge is 0.177 e. The van der Waals surface area contributed by atoms with Crippen LogP contribution in [-0.4, -0.2) is 23.4 Å². The molecule has 0 aromatic rings. The minimum atomic E-state index is -0.767. The Bertz CT molecular complexity index is 378. The number of carbonyl (C=O) groups excluding carboxylic acids is 1. The lowest BCUT2D eigenvalue weighted by atomic mass is 10.1. The number of unbranched alkanes of at least 4 members (excludes halogenated alkanes) is 2. The van der Waals surface area contributed by atoms with E-state index < -0.39 is 4.93 Å². The second kappa shape index (κ2) is 12.0. The summed E-state index contributed by atoms with van der Waals surface area (Å²) >= 11 is 1.51. The summed E-state index contributed by atoms with van der Waals surface area (Å²) in [5, 5.41) is 4.46. The molecule has 1 fully saturated rings. The SMILES string of the molecule is C=C(NC1CCCCCC1)SC(CCC)(OCCCCC)C(C)=O. The van der Waals surface area contributed by atoms with Crippen molar-refractivity contribution in [2.24, 2.45) is 0 Å². The molecule has 3 nitrogen and oxygen atoms in total. The van der Waals surface area contributed by atoms with Gasteiger partial charge in [-0.05, 0) is 32.6 Å². The fourth-order valence-corrected chi connectivity index (χ4v) is 4.52. The highest BCUT2D eigenvalue weighted by atomic mass is 32.2. The summed E-state index contributed by atoms with van der Waals surface area (Å²) in [5.41, 5.74) is 0. The van der Waals surface area contributed by atoms with E-state index in [2.05, 4.69) is 25.7 Å². The van der Waals surface area contributed by atoms with Gasteiger partial charge in [0.15, 0.2) is 10.7 Å². The van der Waals surface area contributed by atoms with Crippen molar-refractivity contribution in [2.45, 2.75) is 102 Å². The molecule has 140 valence electrons. The molecule has 1 atom stereocenters. The van der Waals surface area contributed by atoms with Crippen molar-refractivity contribution in [1.82, 2.24) is 5.32 Å². The first-order valence-electron chi connectivity index (χ1n) is 9.83. The molecule has 4 heteroatoms. The van der Waals surface area contributed by atoms with Crippen molar-refractivity contribution >= 4 is 17.5 Å². The van der Waals surface area contributed by atoms with E-state index in [0.717, 1.165) is 37.1 Å². The molecule has 0 radical (unpaired) electrons. The summed E-state index contributed by atoms with van der Waals surface area (Å²) in [6.45, 7) is 10.8. The number of carbonyl (C=O) groups is 1. The second-order valence-corrected chi connectivity index (χ2v) is 8.33. The van der Waals surface area contributed by atoms with Crippen LogP contribution < -0.4 is 5.32 Å². The third-order valence-electron chi connectivity index (χ3n) is 4.71. The Morgan fingerprint density at radius 3 is 2.38 bits per heavy atom. The monoisotopic (exact) mass is 355 g/mol. The fourth-order valence-electron chi connectivity index (χ4n) is 3.30. The minimum Gasteiger partial charge on any atom is -0.378 e. The van der Waals surface area contributed by atoms with Gasteiger partial charge in [-0.3, -0.25) is 4.79 Å². The largest absolute Gasteiger partial charge is 0.378 e. The summed E-state index contributed by atoms with van der Waals surface area (Å²) in [6, 6.07) is 0.499. The average Bonchev–Trinajstić information content (AvgIpc) is 2.80. The Hall–Kier alpha value is -0.480. The van der Waals surface area contributed by atoms with Gasteiger partial charge < -0.3 is 10.1 Å². The van der Waals surface area contributed by atoms with Crippen molar-refractivity contribution in [2.75, 3.05) is 6.61 Å². The summed E-state index contributed by atoms with van der Waals surface area (Å²) in [4.78, 5) is 11.6. The number of Topliss-reactive ketones (excluding diaryl/α,β-unsaturated/α-hetero) is 1. The van der Waals surface area contributed by atoms with Gasteiger partial charge in [-0.1, -0.05) is 77.1 Å². The Morgan fingerprint density at radius 2 is 1.83 bits per heavy atom. The fraction of sp³-hybridized carbons (Fsp3) is 0.850. The van der Waals surface area contributed by atoms with Gasteiger partial charge in [0.1, 0.15) is 0 Å². The van der Waals surface area contributed by atoms with Crippen LogP contribution in [0.1, 0.15) is 91.4 Å². The highest BCUT2D eigenvalue weighted by Gasteiger charge is 2.37. The van der Waals surface area contributed by atoms with Gasteiger partial charge in [0.05, 0.1) is 5.03 Å². The predicted octanol–water partition coefficient (Wildman–Crippen LogP) is 5.80. The van der Waals surface area contributed by atoms with Crippen molar-refractivity contribution in [3.8, 4) is 0 Å². The van der Waals surface area contributed by atoms with Crippen LogP contribution in [0.15, 0.2) is 11.6 Å². The predicted molar refractivity (Wildman–Crippen MR) is 105 cm³/mol. The number of hydrogen-bond acceptors (Lipinski definition) is 4. The molecule has 1 aliphatic carbocycles. The Kier molecular flexibility index (Phi) is 10.8. The van der Waals surface area contributed by atoms with E-state index >= 15 is 0 Å². The van der Waals surface area contributed by atoms with Crippen LogP contribution >= 0.6 is 11.8 Å². The minimum absolute atomic E-state index is 0.106. The van der Waals surface area contributed by atoms with Crippen molar-refractivity contribution in [3.63, 3.8) is 0 Å². The van der Waals surface area contributed by atoms with Gasteiger partial charge in [-0.25, -0.2) is 0 Å². The van der Waals surface area contributed by atoms with E-state index in [-0.39, 0.29) is 5.78 Å². The average molecular weight is 356 g/mol. The first-order chi connectivity index (χ1) is 11.5. The summed E-state index contributed by atoms with van der Waals surface area (Å²) in [6.07, 6.45) is 12.7. The zero-order valence-electron chi connectivity index (χ0n) is 16.0. The van der Waals surface area contributed by atoms with Crippen LogP contribution in [0.5, 0.6) is 0 Å². The standard InChI is InChI=1S/C20H37NO2S/c1-5-7-12-16-23-20(15-6-2,17(3)22)24-18(4)21-19-13-10-8-9-11-14-19/h19,21H,4-16H2,1-3H3. The molecule has 0 aliphatic heterocycles. The van der Waals surface area contributed by atoms with Crippen molar-refractivity contribution in [1.29, 1.82) is 0 Å². The lowest BCUT2D eigenvalue weighted by Crippen LogP contribution is -2.39. The van der Waals surface area contributed by atoms with Crippen molar-refractivity contribution in [3.05, 3.63) is 11.6 Å². The van der Waals surface area contributed by atoms with E-state index in [1.807, 2.05) is 0 Å². The Balaban J connectivity index is 2.63. The molecule has 1 N–H and O–H groups in total. The lowest BCUT2D eigenvalue weighted by molar-refractivity contribution is -0.132. The molecule has 1 rings (SSSR count). The molecule has 1 aliphatic rings. The van der Waals surface area contributed by atoms with E-state index in [0.29, 0.717) is 12.6 Å². The molecular formula is C20H37NO2S. The van der Waals surface area contributed by atoms with Crippen molar-refractivity contribution < 1.29 is 9.53 Å². The quantitative estimate of drug-likeness (QED) is 0.273. The van der Waals surface area contributed by atoms with Gasteiger partial charge in [0, 0.05) is 12.6 Å². The third-order valence-corrected chi connectivity index (χ3v) is 6.01. The van der Waals surface area contributed by atoms with Crippen LogP contribution in [0.25, 0.3) is 0 Å². The van der Waals surface area contributed by atoms with E-state index in [9.17, 15) is 4.79 Å². The maximum atomic E-state index is 12.4. The maximum Gasteiger partial charge on any atom is 0.177 e. The van der Waals surface area contributed by atoms with Crippen LogP contribution in [0.2, 0.25) is 0 Å². The molecule has 1 saturated carbocycles. The summed E-state index contributed by atoms with van der Waals surface area (Å²) in [5.74, 6) is 0.106. The molecule has 0 saturated heterocycles. The molecule has 1 unspecified atom stereocenters. The van der Waals surface area contributed by atoms with Gasteiger partial charge in [0.25, 0.3) is 0 Å². The zero-order chi connectivity index (χ0) is 17.8. The number of rotatable bonds is 12. The molecule has 0 aromatic heterocycles. The number of nitrogens with one attached hydrogen (secondary N) is 1. The second-order valence-electron chi connectivity index (χ2n) is 6.97. The van der Waals surface area contributed by atoms with E-state index in [1.165, 1.54) is 50.3 Å². The van der Waals surface area contributed by atoms with Gasteiger partial charge in [-0.15, -0.1) is 0 Å². The molecule has 0 bridgehead atoms. The topological polar surface area (TPSA) is 38.3 Å². The van der Waals surface area contributed by atoms with E-state index in [1.54, 1.807) is 6.92 Å². The number of ether oxygens (including phenoxy) is 1. The lowest BCUT2D eigenvalue weighted by Gasteiger charge is -2.32. The molecular weight excluding hydrogens is 318 g/mol. The van der Waals surface area contributed by atoms with Gasteiger partial charge in [0.2, 0.25) is 0 Å². The number of thioether (sulfide) groups is 1. The van der Waals surface area contributed by atoms with E-state index in [4.69, 9.17) is 4.74 Å². The first-order valence-corrected chi connectivity index (χ1v) is 10.6. The number of hydrogen-bond donors (Lipinski definition) is 1. The van der Waals surface area contributed by atoms with Gasteiger partial charge in [-0.2, -0.15) is 0 Å². The molecule has 0 aromatic carbocycles. The van der Waals surface area contributed by atoms with Crippen LogP contribution in [0.3, 0.4) is 0 Å². The molecule has 0 amide bonds. The van der Waals surface area contributed by atoms with Crippen LogP contribution in [-0.2, 0) is 9.53 Å². The Labute approximate surface area is 153 Å². The highest BCUT2D eigenvalue weighted by molar-refractivity contribution is 8.04. The first kappa shape index (κ1) is 21.6. The summed E-state index contributed by atoms with van der Waals surface area (Å²) < 4.78 is 6.13. The Morgan fingerprint density at radius 1 is 1.17 bits per heavy atom. The van der Waals surface area contributed by atoms with Crippen LogP contribution in [0, 0.1) is 0 Å². The van der Waals surface area contributed by atoms with Crippen LogP contribution in [0.4, 0.5) is 0 Å². The third kappa shape index (κ3) is 7.60. The molecule has 24 heavy (non-hydrogen) atoms.